The Morgan fingerprint density at radius 1 is 1.30 bits per heavy atom. The van der Waals surface area contributed by atoms with E-state index in [4.69, 9.17) is 5.73 Å². The van der Waals surface area contributed by atoms with Crippen molar-refractivity contribution in [2.75, 3.05) is 13.1 Å². The molecule has 20 heavy (non-hydrogen) atoms. The Hall–Kier alpha value is -1.58. The van der Waals surface area contributed by atoms with Gasteiger partial charge in [0.2, 0.25) is 0 Å². The van der Waals surface area contributed by atoms with Crippen LogP contribution in [0.1, 0.15) is 25.3 Å². The SMILES string of the molecule is C/C(=C\C=C/N)C1(O)CCN(Cc2ccccc2)CC1. The third kappa shape index (κ3) is 3.71. The van der Waals surface area contributed by atoms with Crippen molar-refractivity contribution < 1.29 is 5.11 Å². The quantitative estimate of drug-likeness (QED) is 0.828. The van der Waals surface area contributed by atoms with Gasteiger partial charge >= 0.3 is 0 Å². The Labute approximate surface area is 121 Å². The second-order valence-corrected chi connectivity index (χ2v) is 5.53. The monoisotopic (exact) mass is 272 g/mol. The standard InChI is InChI=1S/C17H24N2O/c1-15(6-5-11-18)17(20)9-12-19(13-10-17)14-16-7-3-2-4-8-16/h2-8,11,20H,9-10,12-14,18H2,1H3/b11-5-,15-6+. The predicted octanol–water partition coefficient (Wildman–Crippen LogP) is 2.43. The van der Waals surface area contributed by atoms with Gasteiger partial charge in [0.1, 0.15) is 0 Å². The van der Waals surface area contributed by atoms with Gasteiger partial charge in [0.15, 0.2) is 0 Å². The Bertz CT molecular complexity index is 471. The Morgan fingerprint density at radius 3 is 2.55 bits per heavy atom. The van der Waals surface area contributed by atoms with Gasteiger partial charge in [-0.1, -0.05) is 36.4 Å². The van der Waals surface area contributed by atoms with E-state index in [9.17, 15) is 5.11 Å². The lowest BCUT2D eigenvalue weighted by Gasteiger charge is -2.39. The summed E-state index contributed by atoms with van der Waals surface area (Å²) >= 11 is 0. The lowest BCUT2D eigenvalue weighted by molar-refractivity contribution is 0.00727. The summed E-state index contributed by atoms with van der Waals surface area (Å²) in [5.41, 5.74) is 7.00. The second kappa shape index (κ2) is 6.73. The van der Waals surface area contributed by atoms with E-state index >= 15 is 0 Å². The minimum atomic E-state index is -0.674. The molecule has 1 aliphatic heterocycles. The van der Waals surface area contributed by atoms with Gasteiger partial charge in [-0.3, -0.25) is 4.90 Å². The molecule has 1 saturated heterocycles. The van der Waals surface area contributed by atoms with Gasteiger partial charge in [-0.15, -0.1) is 0 Å². The number of nitrogens with two attached hydrogens (primary N) is 1. The molecule has 1 aromatic rings. The molecule has 0 aliphatic carbocycles. The van der Waals surface area contributed by atoms with E-state index in [0.717, 1.165) is 38.0 Å². The lowest BCUT2D eigenvalue weighted by atomic mass is 9.84. The van der Waals surface area contributed by atoms with Crippen LogP contribution in [0.15, 0.2) is 54.3 Å². The van der Waals surface area contributed by atoms with E-state index in [1.165, 1.54) is 11.8 Å². The van der Waals surface area contributed by atoms with Gasteiger partial charge in [-0.2, -0.15) is 0 Å². The highest BCUT2D eigenvalue weighted by Crippen LogP contribution is 2.30. The highest BCUT2D eigenvalue weighted by Gasteiger charge is 2.33. The van der Waals surface area contributed by atoms with Crippen LogP contribution in [0.3, 0.4) is 0 Å². The number of allylic oxidation sites excluding steroid dienone is 2. The summed E-state index contributed by atoms with van der Waals surface area (Å²) in [6, 6.07) is 10.5. The number of piperidine rings is 1. The molecule has 2 rings (SSSR count). The van der Waals surface area contributed by atoms with Crippen LogP contribution in [0, 0.1) is 0 Å². The van der Waals surface area contributed by atoms with Gasteiger partial charge < -0.3 is 10.8 Å². The molecule has 3 nitrogen and oxygen atoms in total. The van der Waals surface area contributed by atoms with Crippen molar-refractivity contribution >= 4 is 0 Å². The molecule has 0 radical (unpaired) electrons. The summed E-state index contributed by atoms with van der Waals surface area (Å²) in [4.78, 5) is 2.40. The van der Waals surface area contributed by atoms with Crippen LogP contribution in [0.5, 0.6) is 0 Å². The van der Waals surface area contributed by atoms with E-state index in [1.807, 2.05) is 19.1 Å². The Balaban J connectivity index is 1.92. The van der Waals surface area contributed by atoms with Crippen molar-refractivity contribution in [3.63, 3.8) is 0 Å². The van der Waals surface area contributed by atoms with Crippen molar-refractivity contribution in [2.45, 2.75) is 31.9 Å². The fraction of sp³-hybridized carbons (Fsp3) is 0.412. The van der Waals surface area contributed by atoms with E-state index in [2.05, 4.69) is 29.2 Å². The molecule has 0 aromatic heterocycles. The normalized spacial score (nSPS) is 20.4. The smallest absolute Gasteiger partial charge is 0.0881 e. The molecule has 1 heterocycles. The van der Waals surface area contributed by atoms with Gasteiger partial charge in [0, 0.05) is 19.6 Å². The van der Waals surface area contributed by atoms with E-state index in [1.54, 1.807) is 6.08 Å². The maximum atomic E-state index is 10.7. The minimum Gasteiger partial charge on any atom is -0.405 e. The molecule has 0 amide bonds. The molecular weight excluding hydrogens is 248 g/mol. The van der Waals surface area contributed by atoms with Crippen LogP contribution in [0.4, 0.5) is 0 Å². The van der Waals surface area contributed by atoms with Crippen molar-refractivity contribution in [1.29, 1.82) is 0 Å². The number of rotatable bonds is 4. The van der Waals surface area contributed by atoms with Crippen molar-refractivity contribution in [3.05, 3.63) is 59.8 Å². The van der Waals surface area contributed by atoms with Crippen LogP contribution in [-0.2, 0) is 6.54 Å². The molecule has 1 fully saturated rings. The summed E-state index contributed by atoms with van der Waals surface area (Å²) in [7, 11) is 0. The summed E-state index contributed by atoms with van der Waals surface area (Å²) in [6.45, 7) is 4.78. The molecule has 1 aliphatic rings. The number of nitrogens with zero attached hydrogens (tertiary/aromatic N) is 1. The average molecular weight is 272 g/mol. The number of hydrogen-bond acceptors (Lipinski definition) is 3. The first kappa shape index (κ1) is 14.8. The second-order valence-electron chi connectivity index (χ2n) is 5.53. The number of benzene rings is 1. The molecule has 0 spiro atoms. The van der Waals surface area contributed by atoms with Crippen LogP contribution < -0.4 is 5.73 Å². The molecule has 3 heteroatoms. The minimum absolute atomic E-state index is 0.674. The summed E-state index contributed by atoms with van der Waals surface area (Å²) < 4.78 is 0. The van der Waals surface area contributed by atoms with Crippen molar-refractivity contribution in [2.24, 2.45) is 5.73 Å². The molecule has 108 valence electrons. The van der Waals surface area contributed by atoms with Gasteiger partial charge in [-0.05, 0) is 43.2 Å². The topological polar surface area (TPSA) is 49.5 Å². The number of hydrogen-bond donors (Lipinski definition) is 2. The first-order valence-electron chi connectivity index (χ1n) is 7.18. The van der Waals surface area contributed by atoms with Crippen LogP contribution in [0.25, 0.3) is 0 Å². The average Bonchev–Trinajstić information content (AvgIpc) is 2.48. The zero-order valence-electron chi connectivity index (χ0n) is 12.1. The van der Waals surface area contributed by atoms with Crippen molar-refractivity contribution in [3.8, 4) is 0 Å². The third-order valence-electron chi connectivity index (χ3n) is 4.12. The predicted molar refractivity (Wildman–Crippen MR) is 83.0 cm³/mol. The molecule has 1 aromatic carbocycles. The first-order chi connectivity index (χ1) is 9.64. The van der Waals surface area contributed by atoms with Crippen LogP contribution in [0.2, 0.25) is 0 Å². The maximum Gasteiger partial charge on any atom is 0.0881 e. The van der Waals surface area contributed by atoms with E-state index < -0.39 is 5.60 Å². The van der Waals surface area contributed by atoms with E-state index in [-0.39, 0.29) is 0 Å². The van der Waals surface area contributed by atoms with Gasteiger partial charge in [0.25, 0.3) is 0 Å². The molecule has 0 saturated carbocycles. The Morgan fingerprint density at radius 2 is 1.95 bits per heavy atom. The fourth-order valence-corrected chi connectivity index (χ4v) is 2.67. The summed E-state index contributed by atoms with van der Waals surface area (Å²) in [5.74, 6) is 0. The Kier molecular flexibility index (Phi) is 4.99. The summed E-state index contributed by atoms with van der Waals surface area (Å²) in [6.07, 6.45) is 6.75. The zero-order valence-corrected chi connectivity index (χ0v) is 12.1. The van der Waals surface area contributed by atoms with Gasteiger partial charge in [-0.25, -0.2) is 0 Å². The highest BCUT2D eigenvalue weighted by atomic mass is 16.3. The largest absolute Gasteiger partial charge is 0.405 e. The maximum absolute atomic E-state index is 10.7. The van der Waals surface area contributed by atoms with Gasteiger partial charge in [0.05, 0.1) is 5.60 Å². The lowest BCUT2D eigenvalue weighted by Crippen LogP contribution is -2.44. The summed E-state index contributed by atoms with van der Waals surface area (Å²) in [5, 5.41) is 10.7. The first-order valence-corrected chi connectivity index (χ1v) is 7.18. The number of aliphatic hydroxyl groups is 1. The van der Waals surface area contributed by atoms with Crippen LogP contribution >= 0.6 is 0 Å². The zero-order chi connectivity index (χ0) is 14.4. The molecule has 3 N–H and O–H groups in total. The molecule has 0 atom stereocenters. The van der Waals surface area contributed by atoms with Crippen molar-refractivity contribution in [1.82, 2.24) is 4.90 Å². The number of likely N-dealkylation sites (tertiary alicyclic amines) is 1. The van der Waals surface area contributed by atoms with E-state index in [0.29, 0.717) is 0 Å². The molecule has 0 bridgehead atoms. The molecule has 0 unspecified atom stereocenters. The van der Waals surface area contributed by atoms with Crippen LogP contribution in [-0.4, -0.2) is 28.7 Å². The third-order valence-corrected chi connectivity index (χ3v) is 4.12. The fourth-order valence-electron chi connectivity index (χ4n) is 2.67. The molecular formula is C17H24N2O. The highest BCUT2D eigenvalue weighted by molar-refractivity contribution is 5.21.